The first-order valence-electron chi connectivity index (χ1n) is 9.37. The van der Waals surface area contributed by atoms with Crippen molar-refractivity contribution in [3.05, 3.63) is 34.4 Å². The molecule has 3 heterocycles. The van der Waals surface area contributed by atoms with Gasteiger partial charge in [-0.3, -0.25) is 4.79 Å². The lowest BCUT2D eigenvalue weighted by Crippen LogP contribution is -2.45. The molecule has 3 aliphatic heterocycles. The van der Waals surface area contributed by atoms with Crippen LogP contribution in [0.2, 0.25) is 0 Å². The molecule has 6 nitrogen and oxygen atoms in total. The number of benzene rings is 1. The lowest BCUT2D eigenvalue weighted by atomic mass is 9.77. The van der Waals surface area contributed by atoms with Crippen molar-refractivity contribution in [1.29, 1.82) is 0 Å². The molecule has 2 fully saturated rings. The topological polar surface area (TPSA) is 70.1 Å². The zero-order chi connectivity index (χ0) is 18.5. The van der Waals surface area contributed by atoms with Gasteiger partial charge in [0.05, 0.1) is 17.1 Å². The smallest absolute Gasteiger partial charge is 0.338 e. The quantitative estimate of drug-likeness (QED) is 0.832. The van der Waals surface area contributed by atoms with E-state index in [9.17, 15) is 14.7 Å². The molecule has 3 aliphatic rings. The summed E-state index contributed by atoms with van der Waals surface area (Å²) < 4.78 is 5.09. The van der Waals surface area contributed by atoms with Gasteiger partial charge in [0.1, 0.15) is 6.61 Å². The molecule has 1 spiro atoms. The minimum atomic E-state index is -0.605. The van der Waals surface area contributed by atoms with Crippen LogP contribution in [0.4, 0.5) is 0 Å². The SMILES string of the molecule is Cc1c(C(O)CN2CCC3(CC2)CCN(C)C3=O)ccc2c1COC2=O. The third kappa shape index (κ3) is 2.72. The standard InChI is InChI=1S/C20H26N2O4/c1-13-14(3-4-15-16(13)12-26-18(15)24)17(23)11-22-9-6-20(7-10-22)5-8-21(2)19(20)25/h3-4,17,23H,5-12H2,1-2H3. The number of aliphatic hydroxyl groups excluding tert-OH is 1. The summed E-state index contributed by atoms with van der Waals surface area (Å²) in [7, 11) is 1.89. The van der Waals surface area contributed by atoms with E-state index in [0.717, 1.165) is 55.6 Å². The lowest BCUT2D eigenvalue weighted by Gasteiger charge is -2.38. The summed E-state index contributed by atoms with van der Waals surface area (Å²) in [4.78, 5) is 28.2. The Balaban J connectivity index is 1.42. The molecule has 140 valence electrons. The number of likely N-dealkylation sites (tertiary alicyclic amines) is 2. The first-order chi connectivity index (χ1) is 12.4. The minimum Gasteiger partial charge on any atom is -0.457 e. The van der Waals surface area contributed by atoms with Gasteiger partial charge in [-0.05, 0) is 56.5 Å². The number of hydrogen-bond donors (Lipinski definition) is 1. The fourth-order valence-corrected chi connectivity index (χ4v) is 4.69. The Bertz CT molecular complexity index is 752. The van der Waals surface area contributed by atoms with Crippen LogP contribution >= 0.6 is 0 Å². The Labute approximate surface area is 153 Å². The Kier molecular flexibility index (Phi) is 4.28. The van der Waals surface area contributed by atoms with E-state index in [4.69, 9.17) is 4.74 Å². The number of cyclic esters (lactones) is 1. The van der Waals surface area contributed by atoms with Gasteiger partial charge in [0, 0.05) is 25.7 Å². The van der Waals surface area contributed by atoms with Crippen LogP contribution in [-0.4, -0.2) is 60.0 Å². The molecule has 1 aromatic carbocycles. The summed E-state index contributed by atoms with van der Waals surface area (Å²) in [6.07, 6.45) is 2.09. The van der Waals surface area contributed by atoms with Crippen LogP contribution in [0.5, 0.6) is 0 Å². The van der Waals surface area contributed by atoms with Crippen LogP contribution in [-0.2, 0) is 16.1 Å². The van der Waals surface area contributed by atoms with Crippen molar-refractivity contribution in [1.82, 2.24) is 9.80 Å². The molecule has 0 aliphatic carbocycles. The second-order valence-electron chi connectivity index (χ2n) is 7.96. The monoisotopic (exact) mass is 358 g/mol. The maximum absolute atomic E-state index is 12.4. The number of β-amino-alcohol motifs (C(OH)–C–C–N with tert-alkyl or cyclic N) is 1. The number of carbonyl (C=O) groups excluding carboxylic acids is 2. The van der Waals surface area contributed by atoms with Gasteiger partial charge in [-0.2, -0.15) is 0 Å². The number of piperidine rings is 1. The Morgan fingerprint density at radius 1 is 1.19 bits per heavy atom. The highest BCUT2D eigenvalue weighted by Gasteiger charge is 2.46. The maximum Gasteiger partial charge on any atom is 0.338 e. The molecule has 1 atom stereocenters. The van der Waals surface area contributed by atoms with Crippen LogP contribution < -0.4 is 0 Å². The molecule has 6 heteroatoms. The molecule has 0 bridgehead atoms. The summed E-state index contributed by atoms with van der Waals surface area (Å²) >= 11 is 0. The van der Waals surface area contributed by atoms with E-state index >= 15 is 0 Å². The summed E-state index contributed by atoms with van der Waals surface area (Å²) in [6.45, 7) is 5.32. The average Bonchev–Trinajstić information content (AvgIpc) is 3.14. The Morgan fingerprint density at radius 2 is 1.88 bits per heavy atom. The van der Waals surface area contributed by atoms with Gasteiger partial charge in [-0.1, -0.05) is 6.07 Å². The molecule has 0 radical (unpaired) electrons. The van der Waals surface area contributed by atoms with Crippen molar-refractivity contribution in [3.8, 4) is 0 Å². The highest BCUT2D eigenvalue weighted by molar-refractivity contribution is 5.94. The largest absolute Gasteiger partial charge is 0.457 e. The second-order valence-corrected chi connectivity index (χ2v) is 7.96. The third-order valence-corrected chi connectivity index (χ3v) is 6.54. The summed E-state index contributed by atoms with van der Waals surface area (Å²) in [5.41, 5.74) is 3.14. The van der Waals surface area contributed by atoms with E-state index < -0.39 is 6.10 Å². The molecule has 26 heavy (non-hydrogen) atoms. The van der Waals surface area contributed by atoms with Crippen molar-refractivity contribution < 1.29 is 19.4 Å². The minimum absolute atomic E-state index is 0.169. The van der Waals surface area contributed by atoms with Crippen molar-refractivity contribution in [2.24, 2.45) is 5.41 Å². The normalized spacial score (nSPS) is 23.4. The number of ether oxygens (including phenoxy) is 1. The molecular formula is C20H26N2O4. The molecule has 0 aromatic heterocycles. The number of hydrogen-bond acceptors (Lipinski definition) is 5. The third-order valence-electron chi connectivity index (χ3n) is 6.54. The Hall–Kier alpha value is -1.92. The van der Waals surface area contributed by atoms with Gasteiger partial charge >= 0.3 is 5.97 Å². The average molecular weight is 358 g/mol. The van der Waals surface area contributed by atoms with Crippen LogP contribution in [0.1, 0.15) is 52.4 Å². The van der Waals surface area contributed by atoms with Crippen molar-refractivity contribution in [2.75, 3.05) is 33.2 Å². The first kappa shape index (κ1) is 17.5. The predicted molar refractivity (Wildman–Crippen MR) is 95.6 cm³/mol. The molecule has 1 amide bonds. The number of amides is 1. The predicted octanol–water partition coefficient (Wildman–Crippen LogP) is 1.64. The van der Waals surface area contributed by atoms with Crippen molar-refractivity contribution >= 4 is 11.9 Å². The number of fused-ring (bicyclic) bond motifs is 1. The zero-order valence-corrected chi connectivity index (χ0v) is 15.5. The molecule has 0 saturated carbocycles. The van der Waals surface area contributed by atoms with Gasteiger partial charge in [-0.15, -0.1) is 0 Å². The molecule has 2 saturated heterocycles. The first-order valence-corrected chi connectivity index (χ1v) is 9.37. The van der Waals surface area contributed by atoms with E-state index in [2.05, 4.69) is 4.90 Å². The van der Waals surface area contributed by atoms with Crippen LogP contribution in [0.25, 0.3) is 0 Å². The number of esters is 1. The number of nitrogens with zero attached hydrogens (tertiary/aromatic N) is 2. The van der Waals surface area contributed by atoms with Crippen LogP contribution in [0.3, 0.4) is 0 Å². The molecular weight excluding hydrogens is 332 g/mol. The highest BCUT2D eigenvalue weighted by Crippen LogP contribution is 2.41. The van der Waals surface area contributed by atoms with Crippen LogP contribution in [0.15, 0.2) is 12.1 Å². The van der Waals surface area contributed by atoms with Gasteiger partial charge < -0.3 is 19.6 Å². The highest BCUT2D eigenvalue weighted by atomic mass is 16.5. The molecule has 1 N–H and O–H groups in total. The van der Waals surface area contributed by atoms with Gasteiger partial charge in [-0.25, -0.2) is 4.79 Å². The van der Waals surface area contributed by atoms with Crippen molar-refractivity contribution in [2.45, 2.75) is 38.9 Å². The molecule has 1 unspecified atom stereocenters. The summed E-state index contributed by atoms with van der Waals surface area (Å²) in [6, 6.07) is 3.60. The fourth-order valence-electron chi connectivity index (χ4n) is 4.69. The van der Waals surface area contributed by atoms with Crippen LogP contribution in [0, 0.1) is 12.3 Å². The van der Waals surface area contributed by atoms with Crippen molar-refractivity contribution in [3.63, 3.8) is 0 Å². The number of carbonyl (C=O) groups is 2. The van der Waals surface area contributed by atoms with Gasteiger partial charge in [0.15, 0.2) is 0 Å². The fraction of sp³-hybridized carbons (Fsp3) is 0.600. The number of rotatable bonds is 3. The summed E-state index contributed by atoms with van der Waals surface area (Å²) in [5.74, 6) is 0.00787. The van der Waals surface area contributed by atoms with Gasteiger partial charge in [0.25, 0.3) is 0 Å². The Morgan fingerprint density at radius 3 is 2.54 bits per heavy atom. The van der Waals surface area contributed by atoms with E-state index in [1.54, 1.807) is 6.07 Å². The van der Waals surface area contributed by atoms with E-state index in [0.29, 0.717) is 18.7 Å². The lowest BCUT2D eigenvalue weighted by molar-refractivity contribution is -0.137. The number of aliphatic hydroxyl groups is 1. The summed E-state index contributed by atoms with van der Waals surface area (Å²) in [5, 5.41) is 10.8. The second kappa shape index (κ2) is 6.35. The van der Waals surface area contributed by atoms with E-state index in [-0.39, 0.29) is 17.3 Å². The molecule has 1 aromatic rings. The molecule has 4 rings (SSSR count). The van der Waals surface area contributed by atoms with Gasteiger partial charge in [0.2, 0.25) is 5.91 Å². The van der Waals surface area contributed by atoms with E-state index in [1.165, 1.54) is 0 Å². The van der Waals surface area contributed by atoms with E-state index in [1.807, 2.05) is 24.9 Å². The maximum atomic E-state index is 12.4. The zero-order valence-electron chi connectivity index (χ0n) is 15.5.